The molecule has 1 unspecified atom stereocenters. The third-order valence-corrected chi connectivity index (χ3v) is 10.6. The molecule has 6 rings (SSSR count). The molecule has 4 aliphatic rings. The van der Waals surface area contributed by atoms with Crippen LogP contribution >= 0.6 is 11.6 Å². The number of benzene rings is 2. The maximum Gasteiger partial charge on any atom is 0.0675 e. The van der Waals surface area contributed by atoms with Gasteiger partial charge in [0.1, 0.15) is 0 Å². The molecule has 0 amide bonds. The minimum atomic E-state index is -0.179. The highest BCUT2D eigenvalue weighted by molar-refractivity contribution is 6.32. The van der Waals surface area contributed by atoms with E-state index in [-0.39, 0.29) is 5.41 Å². The van der Waals surface area contributed by atoms with Crippen LogP contribution in [0.15, 0.2) is 87.5 Å². The minimum absolute atomic E-state index is 0.179. The summed E-state index contributed by atoms with van der Waals surface area (Å²) in [6.45, 7) is 11.5. The largest absolute Gasteiger partial charge is 0.398 e. The third kappa shape index (κ3) is 5.55. The fourth-order valence-corrected chi connectivity index (χ4v) is 7.78. The maximum atomic E-state index is 7.11. The molecule has 0 saturated carbocycles. The quantitative estimate of drug-likeness (QED) is 0.335. The lowest BCUT2D eigenvalue weighted by molar-refractivity contribution is 0.607. The summed E-state index contributed by atoms with van der Waals surface area (Å²) in [5, 5.41) is 0.894. The molecule has 0 saturated heterocycles. The number of fused-ring (bicyclic) bond motifs is 4. The molecule has 2 N–H and O–H groups in total. The van der Waals surface area contributed by atoms with Gasteiger partial charge in [-0.2, -0.15) is 0 Å². The number of halogens is 1. The molecule has 2 nitrogen and oxygen atoms in total. The molecule has 2 aromatic carbocycles. The molecule has 0 radical (unpaired) electrons. The molecule has 2 aromatic rings. The maximum absolute atomic E-state index is 7.11. The molecule has 43 heavy (non-hydrogen) atoms. The molecule has 1 heterocycles. The highest BCUT2D eigenvalue weighted by atomic mass is 35.5. The van der Waals surface area contributed by atoms with Crippen LogP contribution in [0.3, 0.4) is 0 Å². The number of anilines is 1. The molecule has 0 bridgehead atoms. The average Bonchev–Trinajstić information content (AvgIpc) is 3.39. The first-order valence-electron chi connectivity index (χ1n) is 16.1. The van der Waals surface area contributed by atoms with Gasteiger partial charge in [0, 0.05) is 27.8 Å². The number of hydrogen-bond donors (Lipinski definition) is 1. The summed E-state index contributed by atoms with van der Waals surface area (Å²) in [6.07, 6.45) is 25.5. The van der Waals surface area contributed by atoms with Crippen molar-refractivity contribution in [3.63, 3.8) is 0 Å². The first kappa shape index (κ1) is 29.7. The van der Waals surface area contributed by atoms with Gasteiger partial charge in [-0.05, 0) is 121 Å². The van der Waals surface area contributed by atoms with E-state index in [2.05, 4.69) is 107 Å². The van der Waals surface area contributed by atoms with Gasteiger partial charge >= 0.3 is 0 Å². The lowest BCUT2D eigenvalue weighted by Gasteiger charge is -2.32. The molecule has 222 valence electrons. The summed E-state index contributed by atoms with van der Waals surface area (Å²) < 4.78 is 0. The van der Waals surface area contributed by atoms with Crippen LogP contribution in [-0.4, -0.2) is 5.71 Å². The molecule has 3 aliphatic carbocycles. The first-order valence-corrected chi connectivity index (χ1v) is 16.5. The molecular weight excluding hydrogens is 544 g/mol. The number of nitrogens with two attached hydrogens (primary N) is 1. The number of nitrogens with zero attached hydrogens (tertiary/aromatic N) is 1. The lowest BCUT2D eigenvalue weighted by atomic mass is 9.72. The van der Waals surface area contributed by atoms with E-state index in [1.165, 1.54) is 50.1 Å². The summed E-state index contributed by atoms with van der Waals surface area (Å²) in [5.41, 5.74) is 21.6. The molecule has 0 fully saturated rings. The van der Waals surface area contributed by atoms with Crippen molar-refractivity contribution in [2.24, 2.45) is 10.9 Å². The van der Waals surface area contributed by atoms with Crippen molar-refractivity contribution < 1.29 is 0 Å². The molecule has 0 spiro atoms. The Labute approximate surface area is 263 Å². The average molecular weight is 589 g/mol. The van der Waals surface area contributed by atoms with Gasteiger partial charge in [-0.3, -0.25) is 4.99 Å². The van der Waals surface area contributed by atoms with E-state index >= 15 is 0 Å². The molecule has 1 atom stereocenters. The third-order valence-electron chi connectivity index (χ3n) is 10.1. The van der Waals surface area contributed by atoms with E-state index in [1.807, 2.05) is 0 Å². The van der Waals surface area contributed by atoms with Gasteiger partial charge in [-0.25, -0.2) is 0 Å². The fraction of sp³-hybridized carbons (Fsp3) is 0.375. The summed E-state index contributed by atoms with van der Waals surface area (Å²) >= 11 is 7.11. The zero-order chi connectivity index (χ0) is 30.3. The van der Waals surface area contributed by atoms with Crippen molar-refractivity contribution in [1.82, 2.24) is 0 Å². The molecule has 0 aromatic heterocycles. The van der Waals surface area contributed by atoms with Crippen molar-refractivity contribution in [3.8, 4) is 0 Å². The predicted octanol–water partition coefficient (Wildman–Crippen LogP) is 11.1. The summed E-state index contributed by atoms with van der Waals surface area (Å²) in [4.78, 5) is 5.15. The fourth-order valence-electron chi connectivity index (χ4n) is 7.47. The molecule has 1 aliphatic heterocycles. The van der Waals surface area contributed by atoms with Crippen LogP contribution in [0.5, 0.6) is 0 Å². The van der Waals surface area contributed by atoms with Gasteiger partial charge in [0.2, 0.25) is 0 Å². The van der Waals surface area contributed by atoms with Gasteiger partial charge in [0.25, 0.3) is 0 Å². The van der Waals surface area contributed by atoms with Crippen molar-refractivity contribution in [2.45, 2.75) is 90.9 Å². The Kier molecular flexibility index (Phi) is 8.26. The summed E-state index contributed by atoms with van der Waals surface area (Å²) in [6, 6.07) is 8.68. The van der Waals surface area contributed by atoms with E-state index in [9.17, 15) is 0 Å². The van der Waals surface area contributed by atoms with Crippen LogP contribution in [0.25, 0.3) is 12.2 Å². The second kappa shape index (κ2) is 12.0. The Morgan fingerprint density at radius 3 is 2.40 bits per heavy atom. The topological polar surface area (TPSA) is 38.4 Å². The van der Waals surface area contributed by atoms with Crippen LogP contribution in [0, 0.1) is 5.92 Å². The predicted molar refractivity (Wildman–Crippen MR) is 187 cm³/mol. The van der Waals surface area contributed by atoms with Gasteiger partial charge in [-0.15, -0.1) is 0 Å². The van der Waals surface area contributed by atoms with Crippen molar-refractivity contribution in [1.29, 1.82) is 0 Å². The normalized spacial score (nSPS) is 21.1. The van der Waals surface area contributed by atoms with E-state index in [4.69, 9.17) is 22.3 Å². The zero-order valence-electron chi connectivity index (χ0n) is 26.4. The highest BCUT2D eigenvalue weighted by Gasteiger charge is 2.32. The Morgan fingerprint density at radius 1 is 0.953 bits per heavy atom. The van der Waals surface area contributed by atoms with Gasteiger partial charge in [0.05, 0.1) is 5.69 Å². The van der Waals surface area contributed by atoms with Crippen LogP contribution in [-0.2, 0) is 18.3 Å². The van der Waals surface area contributed by atoms with E-state index in [0.29, 0.717) is 11.8 Å². The summed E-state index contributed by atoms with van der Waals surface area (Å²) in [7, 11) is 0. The number of nitrogen functional groups attached to an aromatic ring is 1. The second-order valence-electron chi connectivity index (χ2n) is 13.5. The van der Waals surface area contributed by atoms with Crippen molar-refractivity contribution in [2.75, 3.05) is 5.73 Å². The molecule has 3 heteroatoms. The number of rotatable bonds is 6. The van der Waals surface area contributed by atoms with Gasteiger partial charge in [0.15, 0.2) is 0 Å². The van der Waals surface area contributed by atoms with Crippen molar-refractivity contribution in [3.05, 3.63) is 116 Å². The van der Waals surface area contributed by atoms with Crippen LogP contribution in [0.2, 0.25) is 0 Å². The monoisotopic (exact) mass is 588 g/mol. The van der Waals surface area contributed by atoms with Gasteiger partial charge < -0.3 is 5.73 Å². The number of hydrogen-bond acceptors (Lipinski definition) is 2. The van der Waals surface area contributed by atoms with Gasteiger partial charge in [-0.1, -0.05) is 99.5 Å². The summed E-state index contributed by atoms with van der Waals surface area (Å²) in [5.74, 6) is 0.801. The Morgan fingerprint density at radius 2 is 1.65 bits per heavy atom. The minimum Gasteiger partial charge on any atom is -0.398 e. The highest BCUT2D eigenvalue weighted by Crippen LogP contribution is 2.45. The Bertz CT molecular complexity index is 1670. The standard InChI is InChI=1S/C40H45ClN2/c1-25(2)36-34(43-35-23-20-27-11-6-8-15-31(27)37(35)36)24-21-30-14-10-13-29(39(30)41)18-17-26(3)40(4,5)38-32-16-9-7-12-28(32)19-22-33(38)42/h6-7,11-12,17-25,36H,8-10,13-16,42H2,1-5H3/b24-21+,26-17-,29-18-. The number of aliphatic imine (C=N–C) groups is 1. The van der Waals surface area contributed by atoms with E-state index in [0.717, 1.165) is 67.1 Å². The molecular formula is C40H45ClN2. The van der Waals surface area contributed by atoms with Crippen LogP contribution < -0.4 is 5.73 Å². The SMILES string of the molecule is C/C(=C/C=C1/CCCC(/C=C/C2=Nc3ccc4c(c3C2C(C)C)CCC=C4)=C1Cl)C(C)(C)c1c(N)ccc2c1CCC=C2. The second-order valence-corrected chi connectivity index (χ2v) is 13.9. The number of allylic oxidation sites excluding steroid dienone is 10. The van der Waals surface area contributed by atoms with Crippen LogP contribution in [0.1, 0.15) is 106 Å². The smallest absolute Gasteiger partial charge is 0.0675 e. The van der Waals surface area contributed by atoms with E-state index in [1.54, 1.807) is 0 Å². The first-order chi connectivity index (χ1) is 20.7. The van der Waals surface area contributed by atoms with E-state index < -0.39 is 0 Å². The zero-order valence-corrected chi connectivity index (χ0v) is 27.2. The Balaban J connectivity index is 1.27. The Hall–Kier alpha value is -3.36. The van der Waals surface area contributed by atoms with Crippen molar-refractivity contribution >= 4 is 40.8 Å². The van der Waals surface area contributed by atoms with Crippen LogP contribution in [0.4, 0.5) is 11.4 Å². The lowest BCUT2D eigenvalue weighted by Crippen LogP contribution is -2.24.